The molecular weight excluding hydrogens is 392 g/mol. The number of methoxy groups -OCH3 is 1. The van der Waals surface area contributed by atoms with Crippen molar-refractivity contribution in [1.82, 2.24) is 14.9 Å². The lowest BCUT2D eigenvalue weighted by molar-refractivity contribution is 0.412. The molecule has 0 spiro atoms. The number of rotatable bonds is 5. The van der Waals surface area contributed by atoms with Crippen molar-refractivity contribution in [2.75, 3.05) is 12.0 Å². The zero-order chi connectivity index (χ0) is 20.5. The average molecular weight is 419 g/mol. The first-order chi connectivity index (χ1) is 14.8. The Balaban J connectivity index is 1.65. The lowest BCUT2D eigenvalue weighted by atomic mass is 10.00. The van der Waals surface area contributed by atoms with E-state index in [2.05, 4.69) is 50.2 Å². The van der Waals surface area contributed by atoms with E-state index in [0.29, 0.717) is 11.2 Å². The van der Waals surface area contributed by atoms with E-state index in [0.717, 1.165) is 17.1 Å². The maximum Gasteiger partial charge on any atom is 0.174 e. The maximum atomic E-state index is 5.86. The molecule has 0 unspecified atom stereocenters. The van der Waals surface area contributed by atoms with Crippen LogP contribution in [0.5, 0.6) is 5.75 Å². The summed E-state index contributed by atoms with van der Waals surface area (Å²) in [6.07, 6.45) is 9.12. The Kier molecular flexibility index (Phi) is 5.17. The van der Waals surface area contributed by atoms with Crippen molar-refractivity contribution < 1.29 is 4.74 Å². The number of thiocarbonyl (C=S) groups is 1. The fourth-order valence-corrected chi connectivity index (χ4v) is 5.26. The van der Waals surface area contributed by atoms with Gasteiger partial charge in [0.05, 0.1) is 24.5 Å². The van der Waals surface area contributed by atoms with Gasteiger partial charge < -0.3 is 19.5 Å². The number of nitrogens with zero attached hydrogens (tertiary/aromatic N) is 3. The highest BCUT2D eigenvalue weighted by atomic mass is 32.1. The lowest BCUT2D eigenvalue weighted by Gasteiger charge is -2.31. The quantitative estimate of drug-likeness (QED) is 0.578. The Bertz CT molecular complexity index is 1030. The van der Waals surface area contributed by atoms with E-state index in [1.165, 1.54) is 31.4 Å². The third kappa shape index (κ3) is 3.25. The fraction of sp³-hybridized carbons (Fsp3) is 0.333. The van der Waals surface area contributed by atoms with Crippen molar-refractivity contribution in [3.63, 3.8) is 0 Å². The molecule has 0 radical (unpaired) electrons. The number of benzene rings is 1. The first kappa shape index (κ1) is 19.1. The summed E-state index contributed by atoms with van der Waals surface area (Å²) in [4.78, 5) is 6.87. The second-order valence-corrected chi connectivity index (χ2v) is 8.33. The van der Waals surface area contributed by atoms with Crippen molar-refractivity contribution >= 4 is 23.0 Å². The van der Waals surface area contributed by atoms with Crippen LogP contribution in [0.1, 0.15) is 55.2 Å². The molecule has 1 saturated carbocycles. The van der Waals surface area contributed by atoms with Gasteiger partial charge in [-0.25, -0.2) is 0 Å². The molecule has 1 aliphatic carbocycles. The minimum atomic E-state index is -0.0429. The van der Waals surface area contributed by atoms with Gasteiger partial charge in [0.15, 0.2) is 5.11 Å². The average Bonchev–Trinajstić information content (AvgIpc) is 3.53. The molecule has 5 rings (SSSR count). The predicted molar refractivity (Wildman–Crippen MR) is 123 cm³/mol. The summed E-state index contributed by atoms with van der Waals surface area (Å²) in [6.45, 7) is 0. The van der Waals surface area contributed by atoms with Gasteiger partial charge in [-0.15, -0.1) is 0 Å². The molecule has 6 heteroatoms. The van der Waals surface area contributed by atoms with E-state index in [4.69, 9.17) is 17.0 Å². The molecule has 154 valence electrons. The smallest absolute Gasteiger partial charge is 0.174 e. The summed E-state index contributed by atoms with van der Waals surface area (Å²) in [5.74, 6) is 0.812. The van der Waals surface area contributed by atoms with Gasteiger partial charge in [-0.1, -0.05) is 31.0 Å². The highest BCUT2D eigenvalue weighted by molar-refractivity contribution is 7.80. The minimum absolute atomic E-state index is 0.0145. The standard InChI is InChI=1S/C24H26N4OS/c1-29-21-14-5-4-12-19(21)28-23(20-13-8-16-27(20)17-9-2-3-10-17)22(26-24(28)30)18-11-6-7-15-25-18/h4-8,11-17,22-23H,2-3,9-10H2,1H3,(H,26,30)/t22-,23+/m0/s1. The van der Waals surface area contributed by atoms with Crippen molar-refractivity contribution in [2.45, 2.75) is 43.8 Å². The number of aromatic nitrogens is 2. The van der Waals surface area contributed by atoms with E-state index in [9.17, 15) is 0 Å². The van der Waals surface area contributed by atoms with Gasteiger partial charge in [0.25, 0.3) is 0 Å². The normalized spacial score (nSPS) is 21.8. The molecule has 2 atom stereocenters. The van der Waals surface area contributed by atoms with E-state index >= 15 is 0 Å². The molecule has 0 amide bonds. The molecular formula is C24H26N4OS. The van der Waals surface area contributed by atoms with Crippen LogP contribution < -0.4 is 15.0 Å². The van der Waals surface area contributed by atoms with Crippen LogP contribution in [0.4, 0.5) is 5.69 Å². The summed E-state index contributed by atoms with van der Waals surface area (Å²) < 4.78 is 8.16. The molecule has 1 aromatic carbocycles. The van der Waals surface area contributed by atoms with Crippen molar-refractivity contribution in [3.05, 3.63) is 78.4 Å². The summed E-state index contributed by atoms with van der Waals surface area (Å²) in [6, 6.07) is 19.0. The molecule has 3 aromatic rings. The first-order valence-corrected chi connectivity index (χ1v) is 11.0. The second-order valence-electron chi connectivity index (χ2n) is 7.95. The number of nitrogens with one attached hydrogen (secondary N) is 1. The van der Waals surface area contributed by atoms with Crippen molar-refractivity contribution in [2.24, 2.45) is 0 Å². The Labute approximate surface area is 182 Å². The molecule has 30 heavy (non-hydrogen) atoms. The number of ether oxygens (including phenoxy) is 1. The summed E-state index contributed by atoms with van der Waals surface area (Å²) in [7, 11) is 1.71. The first-order valence-electron chi connectivity index (χ1n) is 10.6. The Morgan fingerprint density at radius 1 is 1.03 bits per heavy atom. The molecule has 0 bridgehead atoms. The SMILES string of the molecule is COc1ccccc1N1C(=S)N[C@@H](c2ccccn2)[C@H]1c1cccn1C1CCCC1. The Morgan fingerprint density at radius 2 is 1.83 bits per heavy atom. The van der Waals surface area contributed by atoms with Crippen molar-refractivity contribution in [1.29, 1.82) is 0 Å². The molecule has 3 heterocycles. The Hall–Kier alpha value is -2.86. The van der Waals surface area contributed by atoms with E-state index in [1.807, 2.05) is 36.5 Å². The van der Waals surface area contributed by atoms with Crippen molar-refractivity contribution in [3.8, 4) is 5.75 Å². The third-order valence-corrected chi connectivity index (χ3v) is 6.59. The van der Waals surface area contributed by atoms with Crippen LogP contribution in [0.3, 0.4) is 0 Å². The second kappa shape index (κ2) is 8.11. The van der Waals surface area contributed by atoms with Crippen LogP contribution in [0.15, 0.2) is 67.0 Å². The molecule has 2 aliphatic rings. The minimum Gasteiger partial charge on any atom is -0.495 e. The van der Waals surface area contributed by atoms with Gasteiger partial charge in [0.2, 0.25) is 0 Å². The van der Waals surface area contributed by atoms with Gasteiger partial charge >= 0.3 is 0 Å². The predicted octanol–water partition coefficient (Wildman–Crippen LogP) is 5.18. The van der Waals surface area contributed by atoms with Crippen LogP contribution in [0.2, 0.25) is 0 Å². The van der Waals surface area contributed by atoms with Crippen LogP contribution in [0, 0.1) is 0 Å². The lowest BCUT2D eigenvalue weighted by Crippen LogP contribution is -2.31. The zero-order valence-electron chi connectivity index (χ0n) is 17.1. The summed E-state index contributed by atoms with van der Waals surface area (Å²) >= 11 is 5.86. The molecule has 1 aliphatic heterocycles. The summed E-state index contributed by atoms with van der Waals surface area (Å²) in [5, 5.41) is 4.25. The van der Waals surface area contributed by atoms with Gasteiger partial charge in [-0.3, -0.25) is 4.98 Å². The largest absolute Gasteiger partial charge is 0.495 e. The molecule has 5 nitrogen and oxygen atoms in total. The molecule has 1 saturated heterocycles. The molecule has 2 aromatic heterocycles. The topological polar surface area (TPSA) is 42.3 Å². The van der Waals surface area contributed by atoms with E-state index in [1.54, 1.807) is 7.11 Å². The maximum absolute atomic E-state index is 5.86. The number of para-hydroxylation sites is 2. The Morgan fingerprint density at radius 3 is 2.60 bits per heavy atom. The van der Waals surface area contributed by atoms with E-state index < -0.39 is 0 Å². The third-order valence-electron chi connectivity index (χ3n) is 6.28. The number of anilines is 1. The zero-order valence-corrected chi connectivity index (χ0v) is 17.9. The van der Waals surface area contributed by atoms with Crippen LogP contribution in [0.25, 0.3) is 0 Å². The molecule has 1 N–H and O–H groups in total. The van der Waals surface area contributed by atoms with E-state index in [-0.39, 0.29) is 12.1 Å². The number of pyridine rings is 1. The van der Waals surface area contributed by atoms with Gasteiger partial charge in [-0.05, 0) is 61.5 Å². The van der Waals surface area contributed by atoms with Crippen LogP contribution >= 0.6 is 12.2 Å². The molecule has 2 fully saturated rings. The van der Waals surface area contributed by atoms with Gasteiger partial charge in [0.1, 0.15) is 11.8 Å². The van der Waals surface area contributed by atoms with Gasteiger partial charge in [-0.2, -0.15) is 0 Å². The van der Waals surface area contributed by atoms with Gasteiger partial charge in [0, 0.05) is 24.1 Å². The summed E-state index contributed by atoms with van der Waals surface area (Å²) in [5.41, 5.74) is 3.22. The highest BCUT2D eigenvalue weighted by Gasteiger charge is 2.43. The fourth-order valence-electron chi connectivity index (χ4n) is 4.92. The van der Waals surface area contributed by atoms with Crippen LogP contribution in [-0.4, -0.2) is 21.8 Å². The monoisotopic (exact) mass is 418 g/mol. The highest BCUT2D eigenvalue weighted by Crippen LogP contribution is 2.45. The van der Waals surface area contributed by atoms with Crippen LogP contribution in [-0.2, 0) is 0 Å². The number of hydrogen-bond donors (Lipinski definition) is 1. The number of hydrogen-bond acceptors (Lipinski definition) is 3.